The van der Waals surface area contributed by atoms with Crippen molar-refractivity contribution in [3.8, 4) is 0 Å². The van der Waals surface area contributed by atoms with Crippen LogP contribution >= 0.6 is 0 Å². The molecule has 0 fully saturated rings. The highest BCUT2D eigenvalue weighted by molar-refractivity contribution is 5.43. The predicted molar refractivity (Wildman–Crippen MR) is 77.5 cm³/mol. The van der Waals surface area contributed by atoms with E-state index in [-0.39, 0.29) is 6.54 Å². The molecule has 0 amide bonds. The highest BCUT2D eigenvalue weighted by Gasteiger charge is 2.11. The van der Waals surface area contributed by atoms with Gasteiger partial charge in [-0.15, -0.1) is 0 Å². The summed E-state index contributed by atoms with van der Waals surface area (Å²) in [5, 5.41) is 11.9. The number of nitrogens with zero attached hydrogens (tertiary/aromatic N) is 4. The number of aromatic nitrogens is 4. The molecule has 5 nitrogen and oxygen atoms in total. The Balaban J connectivity index is 2.09. The minimum atomic E-state index is -0.416. The van der Waals surface area contributed by atoms with Crippen molar-refractivity contribution in [3.05, 3.63) is 29.7 Å². The molecule has 20 heavy (non-hydrogen) atoms. The van der Waals surface area contributed by atoms with E-state index in [4.69, 9.17) is 0 Å². The molecule has 0 spiro atoms. The van der Waals surface area contributed by atoms with Gasteiger partial charge in [-0.25, -0.2) is 9.07 Å². The first-order valence-electron chi connectivity index (χ1n) is 7.02. The van der Waals surface area contributed by atoms with Crippen molar-refractivity contribution < 1.29 is 4.39 Å². The van der Waals surface area contributed by atoms with E-state index in [1.54, 1.807) is 10.9 Å². The Bertz CT molecular complexity index is 546. The average Bonchev–Trinajstić information content (AvgIpc) is 3.04. The van der Waals surface area contributed by atoms with Crippen molar-refractivity contribution in [3.63, 3.8) is 0 Å². The molecular weight excluding hydrogens is 257 g/mol. The molecule has 2 heterocycles. The van der Waals surface area contributed by atoms with E-state index in [2.05, 4.69) is 29.4 Å². The molecule has 1 N–H and O–H groups in total. The Labute approximate surface area is 118 Å². The van der Waals surface area contributed by atoms with Gasteiger partial charge in [0, 0.05) is 17.8 Å². The third-order valence-corrected chi connectivity index (χ3v) is 3.52. The first-order valence-corrected chi connectivity index (χ1v) is 7.02. The van der Waals surface area contributed by atoms with Gasteiger partial charge < -0.3 is 5.32 Å². The number of nitrogens with one attached hydrogen (secondary N) is 1. The van der Waals surface area contributed by atoms with Gasteiger partial charge in [-0.1, -0.05) is 6.92 Å². The molecule has 2 aromatic heterocycles. The van der Waals surface area contributed by atoms with Gasteiger partial charge in [0.1, 0.15) is 12.5 Å². The van der Waals surface area contributed by atoms with Crippen LogP contribution in [-0.2, 0) is 13.1 Å². The van der Waals surface area contributed by atoms with Crippen LogP contribution in [0.25, 0.3) is 0 Å². The van der Waals surface area contributed by atoms with Gasteiger partial charge in [0.25, 0.3) is 0 Å². The van der Waals surface area contributed by atoms with Crippen molar-refractivity contribution in [2.24, 2.45) is 0 Å². The average molecular weight is 279 g/mol. The highest BCUT2D eigenvalue weighted by Crippen LogP contribution is 2.17. The molecule has 0 aromatic carbocycles. The van der Waals surface area contributed by atoms with Crippen LogP contribution in [-0.4, -0.2) is 26.2 Å². The third kappa shape index (κ3) is 3.00. The van der Waals surface area contributed by atoms with Crippen molar-refractivity contribution in [1.29, 1.82) is 0 Å². The largest absolute Gasteiger partial charge is 0.364 e. The zero-order chi connectivity index (χ0) is 14.5. The summed E-state index contributed by atoms with van der Waals surface area (Å²) in [6.45, 7) is 6.78. The van der Waals surface area contributed by atoms with Gasteiger partial charge in [-0.3, -0.25) is 4.68 Å². The van der Waals surface area contributed by atoms with Gasteiger partial charge in [0.05, 0.1) is 25.0 Å². The summed E-state index contributed by atoms with van der Waals surface area (Å²) >= 11 is 0. The summed E-state index contributed by atoms with van der Waals surface area (Å²) < 4.78 is 16.2. The van der Waals surface area contributed by atoms with Gasteiger partial charge in [0.15, 0.2) is 0 Å². The lowest BCUT2D eigenvalue weighted by atomic mass is 10.2. The SMILES string of the molecule is CC[C@H](C)n1nccc1CNc1c(C)cnn1CCF. The molecule has 110 valence electrons. The zero-order valence-electron chi connectivity index (χ0n) is 12.3. The minimum absolute atomic E-state index is 0.279. The second-order valence-electron chi connectivity index (χ2n) is 4.97. The first kappa shape index (κ1) is 14.6. The van der Waals surface area contributed by atoms with E-state index in [1.807, 2.05) is 23.9 Å². The monoisotopic (exact) mass is 279 g/mol. The van der Waals surface area contributed by atoms with Gasteiger partial charge in [0.2, 0.25) is 0 Å². The standard InChI is InChI=1S/C14H22FN5/c1-4-12(3)20-13(5-7-17-20)10-16-14-11(2)9-18-19(14)8-6-15/h5,7,9,12,16H,4,6,8,10H2,1-3H3/t12-/m0/s1. The maximum absolute atomic E-state index is 12.5. The lowest BCUT2D eigenvalue weighted by molar-refractivity contribution is 0.428. The molecule has 0 aliphatic rings. The summed E-state index contributed by atoms with van der Waals surface area (Å²) in [6.07, 6.45) is 4.60. The van der Waals surface area contributed by atoms with Crippen LogP contribution in [0.1, 0.15) is 37.6 Å². The van der Waals surface area contributed by atoms with Crippen LogP contribution in [0.2, 0.25) is 0 Å². The molecule has 0 aliphatic carbocycles. The quantitative estimate of drug-likeness (QED) is 0.847. The fourth-order valence-corrected chi connectivity index (χ4v) is 2.18. The van der Waals surface area contributed by atoms with Crippen LogP contribution in [0, 0.1) is 6.92 Å². The highest BCUT2D eigenvalue weighted by atomic mass is 19.1. The second kappa shape index (κ2) is 6.54. The molecular formula is C14H22FN5. The normalized spacial score (nSPS) is 12.6. The molecule has 0 saturated carbocycles. The molecule has 0 unspecified atom stereocenters. The molecule has 2 aromatic rings. The molecule has 0 radical (unpaired) electrons. The van der Waals surface area contributed by atoms with E-state index in [9.17, 15) is 4.39 Å². The summed E-state index contributed by atoms with van der Waals surface area (Å²) in [5.74, 6) is 0.875. The van der Waals surface area contributed by atoms with Crippen molar-refractivity contribution in [1.82, 2.24) is 19.6 Å². The smallest absolute Gasteiger partial charge is 0.127 e. The summed E-state index contributed by atoms with van der Waals surface area (Å²) in [5.41, 5.74) is 2.14. The Morgan fingerprint density at radius 1 is 1.40 bits per heavy atom. The number of alkyl halides is 1. The summed E-state index contributed by atoms with van der Waals surface area (Å²) in [6, 6.07) is 2.38. The lowest BCUT2D eigenvalue weighted by Gasteiger charge is -2.15. The fourth-order valence-electron chi connectivity index (χ4n) is 2.18. The van der Waals surface area contributed by atoms with Crippen LogP contribution in [0.3, 0.4) is 0 Å². The van der Waals surface area contributed by atoms with Gasteiger partial charge in [-0.2, -0.15) is 10.2 Å². The Kier molecular flexibility index (Phi) is 4.76. The number of aryl methyl sites for hydroxylation is 2. The third-order valence-electron chi connectivity index (χ3n) is 3.52. The number of hydrogen-bond acceptors (Lipinski definition) is 3. The molecule has 0 saturated heterocycles. The van der Waals surface area contributed by atoms with Crippen molar-refractivity contribution in [2.45, 2.75) is 46.3 Å². The summed E-state index contributed by atoms with van der Waals surface area (Å²) in [7, 11) is 0. The van der Waals surface area contributed by atoms with Crippen LogP contribution < -0.4 is 5.32 Å². The van der Waals surface area contributed by atoms with E-state index in [0.29, 0.717) is 12.6 Å². The lowest BCUT2D eigenvalue weighted by Crippen LogP contribution is -2.15. The Hall–Kier alpha value is -1.85. The molecule has 0 bridgehead atoms. The fraction of sp³-hybridized carbons (Fsp3) is 0.571. The number of halogens is 1. The maximum atomic E-state index is 12.5. The Morgan fingerprint density at radius 3 is 2.90 bits per heavy atom. The van der Waals surface area contributed by atoms with E-state index < -0.39 is 6.67 Å². The minimum Gasteiger partial charge on any atom is -0.364 e. The maximum Gasteiger partial charge on any atom is 0.127 e. The molecule has 6 heteroatoms. The van der Waals surface area contributed by atoms with Gasteiger partial charge in [-0.05, 0) is 26.3 Å². The van der Waals surface area contributed by atoms with Crippen LogP contribution in [0.5, 0.6) is 0 Å². The van der Waals surface area contributed by atoms with Crippen molar-refractivity contribution in [2.75, 3.05) is 12.0 Å². The van der Waals surface area contributed by atoms with Crippen molar-refractivity contribution >= 4 is 5.82 Å². The zero-order valence-corrected chi connectivity index (χ0v) is 12.3. The number of rotatable bonds is 7. The number of anilines is 1. The topological polar surface area (TPSA) is 47.7 Å². The molecule has 2 rings (SSSR count). The van der Waals surface area contributed by atoms with Gasteiger partial charge >= 0.3 is 0 Å². The first-order chi connectivity index (χ1) is 9.67. The van der Waals surface area contributed by atoms with E-state index >= 15 is 0 Å². The van der Waals surface area contributed by atoms with Crippen LogP contribution in [0.4, 0.5) is 10.2 Å². The molecule has 0 aliphatic heterocycles. The van der Waals surface area contributed by atoms with Crippen LogP contribution in [0.15, 0.2) is 18.5 Å². The van der Waals surface area contributed by atoms with E-state index in [0.717, 1.165) is 23.5 Å². The van der Waals surface area contributed by atoms with E-state index in [1.165, 1.54) is 0 Å². The second-order valence-corrected chi connectivity index (χ2v) is 4.97. The molecule has 1 atom stereocenters. The summed E-state index contributed by atoms with van der Waals surface area (Å²) in [4.78, 5) is 0. The predicted octanol–water partition coefficient (Wildman–Crippen LogP) is 2.94. The Morgan fingerprint density at radius 2 is 2.20 bits per heavy atom. The number of hydrogen-bond donors (Lipinski definition) is 1.